The Morgan fingerprint density at radius 3 is 2.56 bits per heavy atom. The van der Waals surface area contributed by atoms with Gasteiger partial charge in [-0.2, -0.15) is 4.98 Å². The number of benzene rings is 1. The molecule has 0 fully saturated rings. The van der Waals surface area contributed by atoms with Crippen molar-refractivity contribution in [2.75, 3.05) is 17.3 Å². The summed E-state index contributed by atoms with van der Waals surface area (Å²) in [7, 11) is 1.90. The van der Waals surface area contributed by atoms with Crippen molar-refractivity contribution in [3.8, 4) is 0 Å². The van der Waals surface area contributed by atoms with Crippen LogP contribution in [-0.4, -0.2) is 23.1 Å². The van der Waals surface area contributed by atoms with Gasteiger partial charge in [0, 0.05) is 41.7 Å². The van der Waals surface area contributed by atoms with Gasteiger partial charge in [0.15, 0.2) is 0 Å². The van der Waals surface area contributed by atoms with Crippen LogP contribution in [0.1, 0.15) is 50.7 Å². The highest BCUT2D eigenvalue weighted by Gasteiger charge is 2.24. The third-order valence-corrected chi connectivity index (χ3v) is 4.90. The molecule has 2 aromatic rings. The van der Waals surface area contributed by atoms with Gasteiger partial charge in [0.2, 0.25) is 5.95 Å². The van der Waals surface area contributed by atoms with Crippen molar-refractivity contribution in [3.63, 3.8) is 0 Å². The largest absolute Gasteiger partial charge is 0.351 e. The first-order valence-corrected chi connectivity index (χ1v) is 9.58. The van der Waals surface area contributed by atoms with Crippen molar-refractivity contribution in [2.24, 2.45) is 0 Å². The number of rotatable bonds is 7. The summed E-state index contributed by atoms with van der Waals surface area (Å²) in [5.41, 5.74) is 2.86. The van der Waals surface area contributed by atoms with E-state index in [9.17, 15) is 4.39 Å². The van der Waals surface area contributed by atoms with E-state index in [2.05, 4.69) is 30.7 Å². The van der Waals surface area contributed by atoms with E-state index in [-0.39, 0.29) is 5.82 Å². The highest BCUT2D eigenvalue weighted by Crippen LogP contribution is 2.37. The van der Waals surface area contributed by atoms with Gasteiger partial charge in [-0.15, -0.1) is 0 Å². The molecule has 0 saturated heterocycles. The molecule has 1 aliphatic rings. The van der Waals surface area contributed by atoms with E-state index < -0.39 is 0 Å². The number of hydrogen-bond donors (Lipinski definition) is 1. The minimum absolute atomic E-state index is 0.261. The first-order valence-electron chi connectivity index (χ1n) is 9.58. The second-order valence-corrected chi connectivity index (χ2v) is 6.93. The van der Waals surface area contributed by atoms with Gasteiger partial charge in [-0.05, 0) is 25.0 Å². The first-order chi connectivity index (χ1) is 13.0. The quantitative estimate of drug-likeness (QED) is 0.702. The molecule has 0 bridgehead atoms. The summed E-state index contributed by atoms with van der Waals surface area (Å²) in [6.07, 6.45) is 8.13. The van der Waals surface area contributed by atoms with Crippen LogP contribution in [0.15, 0.2) is 42.7 Å². The Balaban J connectivity index is 1.94. The Labute approximate surface area is 160 Å². The Morgan fingerprint density at radius 1 is 1.19 bits per heavy atom. The van der Waals surface area contributed by atoms with E-state index in [1.807, 2.05) is 24.1 Å². The normalized spacial score (nSPS) is 13.6. The van der Waals surface area contributed by atoms with Crippen LogP contribution in [-0.2, 0) is 0 Å². The molecule has 0 amide bonds. The molecule has 0 saturated carbocycles. The molecule has 1 aromatic carbocycles. The van der Waals surface area contributed by atoms with Gasteiger partial charge in [-0.3, -0.25) is 0 Å². The maximum Gasteiger partial charge on any atom is 0.224 e. The van der Waals surface area contributed by atoms with Crippen molar-refractivity contribution in [2.45, 2.75) is 45.6 Å². The lowest BCUT2D eigenvalue weighted by molar-refractivity contribution is 0.582. The highest BCUT2D eigenvalue weighted by molar-refractivity contribution is 5.98. The van der Waals surface area contributed by atoms with Crippen LogP contribution in [0, 0.1) is 5.82 Å². The second-order valence-electron chi connectivity index (χ2n) is 6.93. The molecular weight excluding hydrogens is 339 g/mol. The minimum atomic E-state index is -0.261. The molecule has 0 spiro atoms. The van der Waals surface area contributed by atoms with Crippen LogP contribution in [0.25, 0.3) is 11.6 Å². The van der Waals surface area contributed by atoms with Crippen molar-refractivity contribution >= 4 is 23.4 Å². The lowest BCUT2D eigenvalue weighted by atomic mass is 9.97. The molecule has 27 heavy (non-hydrogen) atoms. The minimum Gasteiger partial charge on any atom is -0.351 e. The smallest absolute Gasteiger partial charge is 0.224 e. The fourth-order valence-corrected chi connectivity index (χ4v) is 3.45. The predicted molar refractivity (Wildman–Crippen MR) is 111 cm³/mol. The molecule has 0 unspecified atom stereocenters. The molecule has 4 nitrogen and oxygen atoms in total. The molecule has 0 atom stereocenters. The number of nitrogens with one attached hydrogen (secondary N) is 1. The third-order valence-electron chi connectivity index (χ3n) is 4.90. The summed E-state index contributed by atoms with van der Waals surface area (Å²) in [4.78, 5) is 11.1. The zero-order valence-corrected chi connectivity index (χ0v) is 16.3. The Kier molecular flexibility index (Phi) is 5.89. The number of likely N-dealkylation sites (N-methyl/N-ethyl adjacent to an activating group) is 1. The number of anilines is 2. The summed E-state index contributed by atoms with van der Waals surface area (Å²) in [5, 5.41) is 3.46. The van der Waals surface area contributed by atoms with E-state index in [0.717, 1.165) is 48.3 Å². The Hall–Kier alpha value is -2.69. The molecular formula is C22H27FN4. The van der Waals surface area contributed by atoms with Crippen LogP contribution < -0.4 is 10.2 Å². The van der Waals surface area contributed by atoms with E-state index in [1.54, 1.807) is 18.3 Å². The number of fused-ring (bicyclic) bond motifs is 1. The fourth-order valence-electron chi connectivity index (χ4n) is 3.45. The van der Waals surface area contributed by atoms with Crippen LogP contribution >= 0.6 is 0 Å². The molecule has 5 heteroatoms. The number of hydrogen-bond acceptors (Lipinski definition) is 4. The Bertz CT molecular complexity index is 853. The summed E-state index contributed by atoms with van der Waals surface area (Å²) in [6.45, 7) is 8.52. The number of nitrogens with zero attached hydrogens (tertiary/aromatic N) is 3. The van der Waals surface area contributed by atoms with E-state index >= 15 is 0 Å². The topological polar surface area (TPSA) is 41.1 Å². The van der Waals surface area contributed by atoms with E-state index in [4.69, 9.17) is 4.98 Å². The molecule has 1 aromatic heterocycles. The number of allylic oxidation sites excluding steroid dienone is 1. The summed E-state index contributed by atoms with van der Waals surface area (Å²) in [6, 6.07) is 7.12. The monoisotopic (exact) mass is 366 g/mol. The SMILES string of the molecule is C=C1C(c2ccccc2F)=Cc2cnc(NC(CCC)CCC)nc2N1C. The van der Waals surface area contributed by atoms with Gasteiger partial charge >= 0.3 is 0 Å². The standard InChI is InChI=1S/C22H27FN4/c1-5-9-17(10-6-2)25-22-24-14-16-13-19(15(3)27(4)21(16)26-22)18-11-7-8-12-20(18)23/h7-8,11-14,17H,3,5-6,9-10H2,1-2,4H3,(H,24,25,26). The van der Waals surface area contributed by atoms with Gasteiger partial charge in [-0.1, -0.05) is 51.5 Å². The Morgan fingerprint density at radius 2 is 1.89 bits per heavy atom. The average Bonchev–Trinajstić information content (AvgIpc) is 2.66. The van der Waals surface area contributed by atoms with Crippen molar-refractivity contribution < 1.29 is 4.39 Å². The second kappa shape index (κ2) is 8.33. The predicted octanol–water partition coefficient (Wildman–Crippen LogP) is 5.50. The summed E-state index contributed by atoms with van der Waals surface area (Å²) >= 11 is 0. The summed E-state index contributed by atoms with van der Waals surface area (Å²) in [5.74, 6) is 1.15. The van der Waals surface area contributed by atoms with Crippen LogP contribution in [0.3, 0.4) is 0 Å². The molecule has 1 N–H and O–H groups in total. The van der Waals surface area contributed by atoms with Gasteiger partial charge in [0.1, 0.15) is 11.6 Å². The zero-order chi connectivity index (χ0) is 19.4. The molecule has 0 radical (unpaired) electrons. The zero-order valence-electron chi connectivity index (χ0n) is 16.3. The molecule has 0 aliphatic carbocycles. The fraction of sp³-hybridized carbons (Fsp3) is 0.364. The average molecular weight is 366 g/mol. The maximum absolute atomic E-state index is 14.3. The molecule has 2 heterocycles. The van der Waals surface area contributed by atoms with Gasteiger partial charge in [0.05, 0.1) is 0 Å². The molecule has 1 aliphatic heterocycles. The number of halogens is 1. The van der Waals surface area contributed by atoms with Crippen LogP contribution in [0.5, 0.6) is 0 Å². The van der Waals surface area contributed by atoms with Crippen molar-refractivity contribution in [3.05, 3.63) is 59.7 Å². The number of aromatic nitrogens is 2. The third kappa shape index (κ3) is 4.02. The van der Waals surface area contributed by atoms with Crippen molar-refractivity contribution in [1.29, 1.82) is 0 Å². The van der Waals surface area contributed by atoms with E-state index in [1.165, 1.54) is 6.07 Å². The van der Waals surface area contributed by atoms with Gasteiger partial charge < -0.3 is 10.2 Å². The lowest BCUT2D eigenvalue weighted by Gasteiger charge is -2.29. The maximum atomic E-state index is 14.3. The van der Waals surface area contributed by atoms with Crippen molar-refractivity contribution in [1.82, 2.24) is 9.97 Å². The molecule has 142 valence electrons. The van der Waals surface area contributed by atoms with Crippen LogP contribution in [0.4, 0.5) is 16.2 Å². The molecule has 3 rings (SSSR count). The summed E-state index contributed by atoms with van der Waals surface area (Å²) < 4.78 is 14.3. The van der Waals surface area contributed by atoms with E-state index in [0.29, 0.717) is 17.6 Å². The van der Waals surface area contributed by atoms with Gasteiger partial charge in [0.25, 0.3) is 0 Å². The van der Waals surface area contributed by atoms with Crippen LogP contribution in [0.2, 0.25) is 0 Å². The lowest BCUT2D eigenvalue weighted by Crippen LogP contribution is -2.25. The first kappa shape index (κ1) is 19.1. The van der Waals surface area contributed by atoms with Gasteiger partial charge in [-0.25, -0.2) is 9.37 Å². The highest BCUT2D eigenvalue weighted by atomic mass is 19.1.